The summed E-state index contributed by atoms with van der Waals surface area (Å²) in [7, 11) is 0. The third kappa shape index (κ3) is 6.00. The van der Waals surface area contributed by atoms with Gasteiger partial charge in [-0.3, -0.25) is 4.79 Å². The highest BCUT2D eigenvalue weighted by Gasteiger charge is 2.23. The van der Waals surface area contributed by atoms with E-state index in [9.17, 15) is 4.79 Å². The highest BCUT2D eigenvalue weighted by atomic mass is 35.5. The summed E-state index contributed by atoms with van der Waals surface area (Å²) >= 11 is 6.40. The van der Waals surface area contributed by atoms with Crippen LogP contribution in [0.5, 0.6) is 0 Å². The molecule has 2 heterocycles. The second kappa shape index (κ2) is 11.8. The number of likely N-dealkylation sites (tertiary alicyclic amines) is 1. The van der Waals surface area contributed by atoms with Crippen LogP contribution in [0.2, 0.25) is 5.02 Å². The molecule has 3 aromatic carbocycles. The Morgan fingerprint density at radius 1 is 0.917 bits per heavy atom. The average Bonchev–Trinajstić information content (AvgIpc) is 3.26. The van der Waals surface area contributed by atoms with Gasteiger partial charge < -0.3 is 14.8 Å². The van der Waals surface area contributed by atoms with Crippen LogP contribution in [-0.4, -0.2) is 41.6 Å². The number of para-hydroxylation sites is 1. The third-order valence-electron chi connectivity index (χ3n) is 7.23. The molecule has 0 saturated carbocycles. The van der Waals surface area contributed by atoms with E-state index in [2.05, 4.69) is 75.6 Å². The van der Waals surface area contributed by atoms with E-state index in [4.69, 9.17) is 11.6 Å². The molecule has 0 bridgehead atoms. The number of nitrogens with zero attached hydrogens (tertiary/aromatic N) is 2. The van der Waals surface area contributed by atoms with Gasteiger partial charge in [0, 0.05) is 54.1 Å². The Labute approximate surface area is 218 Å². The van der Waals surface area contributed by atoms with Crippen LogP contribution in [-0.2, 0) is 11.3 Å². The number of nitrogens with one attached hydrogen (secondary N) is 1. The highest BCUT2D eigenvalue weighted by molar-refractivity contribution is 6.30. The molecule has 1 aromatic heterocycles. The Morgan fingerprint density at radius 2 is 1.69 bits per heavy atom. The molecule has 1 saturated heterocycles. The van der Waals surface area contributed by atoms with Crippen molar-refractivity contribution in [3.63, 3.8) is 0 Å². The molecular weight excluding hydrogens is 466 g/mol. The molecule has 1 N–H and O–H groups in total. The first-order chi connectivity index (χ1) is 17.7. The van der Waals surface area contributed by atoms with Crippen molar-refractivity contribution in [1.29, 1.82) is 0 Å². The number of hydrogen-bond acceptors (Lipinski definition) is 2. The van der Waals surface area contributed by atoms with Gasteiger partial charge in [0.1, 0.15) is 0 Å². The van der Waals surface area contributed by atoms with Crippen LogP contribution in [0.3, 0.4) is 0 Å². The molecule has 5 rings (SSSR count). The lowest BCUT2D eigenvalue weighted by atomic mass is 9.88. The van der Waals surface area contributed by atoms with Crippen LogP contribution in [0.4, 0.5) is 0 Å². The number of carbonyl (C=O) groups is 1. The van der Waals surface area contributed by atoms with Crippen molar-refractivity contribution in [3.05, 3.63) is 107 Å². The van der Waals surface area contributed by atoms with Crippen molar-refractivity contribution >= 4 is 28.4 Å². The Bertz CT molecular complexity index is 1290. The molecule has 1 unspecified atom stereocenters. The molecule has 1 aliphatic rings. The van der Waals surface area contributed by atoms with Gasteiger partial charge in [0.2, 0.25) is 5.91 Å². The number of aromatic nitrogens is 1. The van der Waals surface area contributed by atoms with Crippen molar-refractivity contribution < 1.29 is 4.79 Å². The normalized spacial score (nSPS) is 15.1. The number of piperidine rings is 1. The number of halogens is 1. The quantitative estimate of drug-likeness (QED) is 0.286. The first kappa shape index (κ1) is 24.6. The topological polar surface area (TPSA) is 37.3 Å². The minimum absolute atomic E-state index is 0.0804. The van der Waals surface area contributed by atoms with Crippen LogP contribution < -0.4 is 5.32 Å². The molecule has 0 aliphatic carbocycles. The lowest BCUT2D eigenvalue weighted by molar-refractivity contribution is -0.121. The van der Waals surface area contributed by atoms with Crippen molar-refractivity contribution in [2.24, 2.45) is 0 Å². The average molecular weight is 500 g/mol. The zero-order valence-electron chi connectivity index (χ0n) is 20.7. The molecule has 4 nitrogen and oxygen atoms in total. The van der Waals surface area contributed by atoms with Gasteiger partial charge in [-0.2, -0.15) is 0 Å². The summed E-state index contributed by atoms with van der Waals surface area (Å²) in [5.74, 6) is -0.00233. The fraction of sp³-hybridized carbons (Fsp3) is 0.323. The van der Waals surface area contributed by atoms with E-state index in [-0.39, 0.29) is 11.8 Å². The summed E-state index contributed by atoms with van der Waals surface area (Å²) < 4.78 is 2.30. The predicted octanol–water partition coefficient (Wildman–Crippen LogP) is 6.47. The van der Waals surface area contributed by atoms with Gasteiger partial charge in [-0.25, -0.2) is 0 Å². The van der Waals surface area contributed by atoms with Crippen LogP contribution in [0, 0.1) is 0 Å². The number of amides is 1. The molecular formula is C31H34ClN3O. The molecule has 4 aromatic rings. The largest absolute Gasteiger partial charge is 0.355 e. The zero-order chi connectivity index (χ0) is 24.7. The van der Waals surface area contributed by atoms with Gasteiger partial charge in [0.15, 0.2) is 0 Å². The Morgan fingerprint density at radius 3 is 2.50 bits per heavy atom. The van der Waals surface area contributed by atoms with Gasteiger partial charge in [-0.15, -0.1) is 0 Å². The SMILES string of the molecule is O=C(CC(c1cccc(Cl)c1)c1cn(Cc2ccccc2)c2ccccc12)NCCN1CCCCC1. The molecule has 1 amide bonds. The number of rotatable bonds is 9. The number of carbonyl (C=O) groups excluding carboxylic acids is 1. The predicted molar refractivity (Wildman–Crippen MR) is 149 cm³/mol. The molecule has 5 heteroatoms. The number of benzene rings is 3. The fourth-order valence-corrected chi connectivity index (χ4v) is 5.59. The van der Waals surface area contributed by atoms with E-state index >= 15 is 0 Å². The molecule has 186 valence electrons. The second-order valence-electron chi connectivity index (χ2n) is 9.78. The maximum absolute atomic E-state index is 13.2. The Kier molecular flexibility index (Phi) is 8.04. The van der Waals surface area contributed by atoms with Crippen LogP contribution >= 0.6 is 11.6 Å². The summed E-state index contributed by atoms with van der Waals surface area (Å²) in [6.07, 6.45) is 6.46. The molecule has 1 fully saturated rings. The first-order valence-corrected chi connectivity index (χ1v) is 13.4. The van der Waals surface area contributed by atoms with Crippen molar-refractivity contribution in [2.75, 3.05) is 26.2 Å². The standard InChI is InChI=1S/C31H34ClN3O/c32-26-13-9-12-25(20-26)28(21-31(36)33-16-19-34-17-7-2-8-18-34)29-23-35(22-24-10-3-1-4-11-24)30-15-6-5-14-27(29)30/h1,3-6,9-15,20,23,28H,2,7-8,16-19,21-22H2,(H,33,36). The molecule has 1 atom stereocenters. The van der Waals surface area contributed by atoms with E-state index in [1.807, 2.05) is 24.3 Å². The van der Waals surface area contributed by atoms with Gasteiger partial charge in [0.25, 0.3) is 0 Å². The summed E-state index contributed by atoms with van der Waals surface area (Å²) in [6, 6.07) is 26.9. The molecule has 36 heavy (non-hydrogen) atoms. The summed E-state index contributed by atoms with van der Waals surface area (Å²) in [4.78, 5) is 15.6. The van der Waals surface area contributed by atoms with Gasteiger partial charge >= 0.3 is 0 Å². The van der Waals surface area contributed by atoms with Crippen molar-refractivity contribution in [3.8, 4) is 0 Å². The van der Waals surface area contributed by atoms with E-state index in [0.29, 0.717) is 18.0 Å². The fourth-order valence-electron chi connectivity index (χ4n) is 5.39. The van der Waals surface area contributed by atoms with Gasteiger partial charge in [0.05, 0.1) is 0 Å². The maximum Gasteiger partial charge on any atom is 0.220 e. The first-order valence-electron chi connectivity index (χ1n) is 13.0. The highest BCUT2D eigenvalue weighted by Crippen LogP contribution is 2.36. The van der Waals surface area contributed by atoms with E-state index in [1.54, 1.807) is 0 Å². The molecule has 0 radical (unpaired) electrons. The van der Waals surface area contributed by atoms with Crippen LogP contribution in [0.25, 0.3) is 10.9 Å². The second-order valence-corrected chi connectivity index (χ2v) is 10.2. The van der Waals surface area contributed by atoms with Crippen LogP contribution in [0.1, 0.15) is 48.3 Å². The smallest absolute Gasteiger partial charge is 0.220 e. The minimum Gasteiger partial charge on any atom is -0.355 e. The maximum atomic E-state index is 13.2. The van der Waals surface area contributed by atoms with Crippen molar-refractivity contribution in [1.82, 2.24) is 14.8 Å². The zero-order valence-corrected chi connectivity index (χ0v) is 21.5. The van der Waals surface area contributed by atoms with Crippen molar-refractivity contribution in [2.45, 2.75) is 38.1 Å². The third-order valence-corrected chi connectivity index (χ3v) is 7.47. The Balaban J connectivity index is 1.41. The lowest BCUT2D eigenvalue weighted by Gasteiger charge is -2.26. The molecule has 0 spiro atoms. The monoisotopic (exact) mass is 499 g/mol. The van der Waals surface area contributed by atoms with E-state index in [1.165, 1.54) is 35.7 Å². The van der Waals surface area contributed by atoms with Crippen LogP contribution in [0.15, 0.2) is 85.1 Å². The number of hydrogen-bond donors (Lipinski definition) is 1. The summed E-state index contributed by atoms with van der Waals surface area (Å²) in [5, 5.41) is 5.06. The Hall–Kier alpha value is -3.08. The van der Waals surface area contributed by atoms with E-state index < -0.39 is 0 Å². The summed E-state index contributed by atoms with van der Waals surface area (Å²) in [6.45, 7) is 4.68. The van der Waals surface area contributed by atoms with Gasteiger partial charge in [-0.1, -0.05) is 78.7 Å². The lowest BCUT2D eigenvalue weighted by Crippen LogP contribution is -2.38. The molecule has 1 aliphatic heterocycles. The number of fused-ring (bicyclic) bond motifs is 1. The summed E-state index contributed by atoms with van der Waals surface area (Å²) in [5.41, 5.74) is 4.65. The van der Waals surface area contributed by atoms with E-state index in [0.717, 1.165) is 37.3 Å². The van der Waals surface area contributed by atoms with Gasteiger partial charge in [-0.05, 0) is 60.8 Å². The minimum atomic E-state index is -0.0828.